The van der Waals surface area contributed by atoms with Gasteiger partial charge >= 0.3 is 0 Å². The number of halogens is 1. The second-order valence-corrected chi connectivity index (χ2v) is 7.55. The van der Waals surface area contributed by atoms with Crippen LogP contribution in [-0.4, -0.2) is 29.6 Å². The van der Waals surface area contributed by atoms with Crippen LogP contribution in [0.25, 0.3) is 0 Å². The Morgan fingerprint density at radius 3 is 2.74 bits per heavy atom. The molecule has 2 nitrogen and oxygen atoms in total. The van der Waals surface area contributed by atoms with Gasteiger partial charge in [0.05, 0.1) is 0 Å². The zero-order valence-corrected chi connectivity index (χ0v) is 13.7. The molecule has 0 unspecified atom stereocenters. The first-order chi connectivity index (χ1) is 9.00. The van der Waals surface area contributed by atoms with Crippen molar-refractivity contribution < 1.29 is 0 Å². The van der Waals surface area contributed by atoms with E-state index in [1.54, 1.807) is 0 Å². The van der Waals surface area contributed by atoms with E-state index in [2.05, 4.69) is 37.8 Å². The van der Waals surface area contributed by atoms with E-state index in [1.807, 2.05) is 11.8 Å². The van der Waals surface area contributed by atoms with Gasteiger partial charge in [0.25, 0.3) is 0 Å². The van der Waals surface area contributed by atoms with Crippen LogP contribution in [0.2, 0.25) is 0 Å². The Kier molecular flexibility index (Phi) is 5.02. The number of pyridine rings is 1. The molecule has 19 heavy (non-hydrogen) atoms. The Labute approximate surface area is 125 Å². The average Bonchev–Trinajstić information content (AvgIpc) is 2.66. The smallest absolute Gasteiger partial charge is 0.129 e. The van der Waals surface area contributed by atoms with Crippen LogP contribution >= 0.6 is 23.4 Å². The lowest BCUT2D eigenvalue weighted by atomic mass is 9.91. The first-order valence-electron chi connectivity index (χ1n) is 6.91. The number of rotatable bonds is 2. The van der Waals surface area contributed by atoms with Crippen molar-refractivity contribution in [1.82, 2.24) is 4.98 Å². The molecule has 0 bridgehead atoms. The molecule has 1 aromatic heterocycles. The summed E-state index contributed by atoms with van der Waals surface area (Å²) in [7, 11) is 0. The molecule has 0 spiro atoms. The number of aromatic nitrogens is 1. The Morgan fingerprint density at radius 1 is 1.26 bits per heavy atom. The molecule has 0 saturated carbocycles. The third-order valence-corrected chi connectivity index (χ3v) is 4.70. The first-order valence-corrected chi connectivity index (χ1v) is 8.60. The van der Waals surface area contributed by atoms with Crippen molar-refractivity contribution in [3.63, 3.8) is 0 Å². The molecule has 106 valence electrons. The molecule has 0 aromatic carbocycles. The van der Waals surface area contributed by atoms with Crippen LogP contribution in [0.1, 0.15) is 38.4 Å². The average molecular weight is 299 g/mol. The normalized spacial score (nSPS) is 17.4. The Bertz CT molecular complexity index is 421. The van der Waals surface area contributed by atoms with Gasteiger partial charge in [-0.2, -0.15) is 11.8 Å². The van der Waals surface area contributed by atoms with Crippen LogP contribution in [0.4, 0.5) is 5.82 Å². The van der Waals surface area contributed by atoms with E-state index in [-0.39, 0.29) is 5.41 Å². The second-order valence-electron chi connectivity index (χ2n) is 6.06. The van der Waals surface area contributed by atoms with E-state index in [9.17, 15) is 0 Å². The van der Waals surface area contributed by atoms with Crippen molar-refractivity contribution in [2.45, 2.75) is 38.5 Å². The standard InChI is InChI=1S/C15H23ClN2S/c1-15(2,3)13-9-12(11-16)10-14(17-13)18-5-4-7-19-8-6-18/h9-10H,4-8,11H2,1-3H3. The summed E-state index contributed by atoms with van der Waals surface area (Å²) < 4.78 is 0. The van der Waals surface area contributed by atoms with Gasteiger partial charge in [0.15, 0.2) is 0 Å². The SMILES string of the molecule is CC(C)(C)c1cc(CCl)cc(N2CCCSCC2)n1. The molecule has 1 saturated heterocycles. The van der Waals surface area contributed by atoms with Crippen molar-refractivity contribution in [2.75, 3.05) is 29.5 Å². The Balaban J connectivity index is 2.33. The maximum absolute atomic E-state index is 6.04. The lowest BCUT2D eigenvalue weighted by molar-refractivity contribution is 0.567. The van der Waals surface area contributed by atoms with Crippen LogP contribution in [0.3, 0.4) is 0 Å². The molecule has 4 heteroatoms. The lowest BCUT2D eigenvalue weighted by Crippen LogP contribution is -2.27. The van der Waals surface area contributed by atoms with Gasteiger partial charge in [-0.3, -0.25) is 0 Å². The molecule has 1 aliphatic heterocycles. The fourth-order valence-corrected chi connectivity index (χ4v) is 3.21. The summed E-state index contributed by atoms with van der Waals surface area (Å²) in [6.07, 6.45) is 1.24. The summed E-state index contributed by atoms with van der Waals surface area (Å²) in [5.41, 5.74) is 2.38. The minimum atomic E-state index is 0.0669. The summed E-state index contributed by atoms with van der Waals surface area (Å²) in [6, 6.07) is 4.29. The highest BCUT2D eigenvalue weighted by atomic mass is 35.5. The molecule has 2 rings (SSSR count). The zero-order valence-electron chi connectivity index (χ0n) is 12.1. The molecule has 0 amide bonds. The van der Waals surface area contributed by atoms with Gasteiger partial charge in [0.2, 0.25) is 0 Å². The molecule has 1 aromatic rings. The van der Waals surface area contributed by atoms with E-state index in [0.29, 0.717) is 5.88 Å². The fraction of sp³-hybridized carbons (Fsp3) is 0.667. The first kappa shape index (κ1) is 15.0. The maximum Gasteiger partial charge on any atom is 0.129 e. The highest BCUT2D eigenvalue weighted by molar-refractivity contribution is 7.99. The molecular weight excluding hydrogens is 276 g/mol. The van der Waals surface area contributed by atoms with Crippen molar-refractivity contribution in [3.8, 4) is 0 Å². The topological polar surface area (TPSA) is 16.1 Å². The summed E-state index contributed by atoms with van der Waals surface area (Å²) in [4.78, 5) is 7.28. The van der Waals surface area contributed by atoms with Crippen molar-refractivity contribution in [2.24, 2.45) is 0 Å². The van der Waals surface area contributed by atoms with Gasteiger partial charge in [-0.1, -0.05) is 20.8 Å². The largest absolute Gasteiger partial charge is 0.356 e. The molecule has 0 N–H and O–H groups in total. The van der Waals surface area contributed by atoms with Gasteiger partial charge in [-0.05, 0) is 29.9 Å². The summed E-state index contributed by atoms with van der Waals surface area (Å²) in [5.74, 6) is 4.11. The number of thioether (sulfide) groups is 1. The van der Waals surface area contributed by atoms with Gasteiger partial charge in [-0.25, -0.2) is 4.98 Å². The van der Waals surface area contributed by atoms with Gasteiger partial charge < -0.3 is 4.90 Å². The van der Waals surface area contributed by atoms with E-state index in [4.69, 9.17) is 16.6 Å². The van der Waals surface area contributed by atoms with E-state index < -0.39 is 0 Å². The van der Waals surface area contributed by atoms with Gasteiger partial charge in [0.1, 0.15) is 5.82 Å². The number of nitrogens with zero attached hydrogens (tertiary/aromatic N) is 2. The molecule has 0 radical (unpaired) electrons. The van der Waals surface area contributed by atoms with Crippen LogP contribution in [0.5, 0.6) is 0 Å². The third kappa shape index (κ3) is 4.03. The fourth-order valence-electron chi connectivity index (χ4n) is 2.17. The highest BCUT2D eigenvalue weighted by Crippen LogP contribution is 2.26. The molecule has 0 aliphatic carbocycles. The van der Waals surface area contributed by atoms with E-state index >= 15 is 0 Å². The second kappa shape index (κ2) is 6.36. The highest BCUT2D eigenvalue weighted by Gasteiger charge is 2.19. The van der Waals surface area contributed by atoms with Crippen LogP contribution < -0.4 is 4.90 Å². The Hall–Kier alpha value is -0.410. The minimum absolute atomic E-state index is 0.0669. The number of alkyl halides is 1. The number of hydrogen-bond acceptors (Lipinski definition) is 3. The van der Waals surface area contributed by atoms with Crippen LogP contribution in [0, 0.1) is 0 Å². The predicted molar refractivity (Wildman–Crippen MR) is 86.6 cm³/mol. The van der Waals surface area contributed by atoms with Crippen molar-refractivity contribution in [3.05, 3.63) is 23.4 Å². The summed E-state index contributed by atoms with van der Waals surface area (Å²) in [6.45, 7) is 8.81. The van der Waals surface area contributed by atoms with Gasteiger partial charge in [-0.15, -0.1) is 11.6 Å². The summed E-state index contributed by atoms with van der Waals surface area (Å²) >= 11 is 8.08. The molecule has 1 fully saturated rings. The van der Waals surface area contributed by atoms with Crippen LogP contribution in [-0.2, 0) is 11.3 Å². The monoisotopic (exact) mass is 298 g/mol. The van der Waals surface area contributed by atoms with Crippen LogP contribution in [0.15, 0.2) is 12.1 Å². The zero-order chi connectivity index (χ0) is 13.9. The quantitative estimate of drug-likeness (QED) is 0.766. The Morgan fingerprint density at radius 2 is 2.05 bits per heavy atom. The molecular formula is C15H23ClN2S. The molecule has 1 aliphatic rings. The lowest BCUT2D eigenvalue weighted by Gasteiger charge is -2.25. The van der Waals surface area contributed by atoms with E-state index in [1.165, 1.54) is 23.5 Å². The van der Waals surface area contributed by atoms with Gasteiger partial charge in [0, 0.05) is 35.8 Å². The summed E-state index contributed by atoms with van der Waals surface area (Å²) in [5, 5.41) is 0. The van der Waals surface area contributed by atoms with Crippen molar-refractivity contribution in [1.29, 1.82) is 0 Å². The molecule has 0 atom stereocenters. The maximum atomic E-state index is 6.04. The predicted octanol–water partition coefficient (Wildman–Crippen LogP) is 4.06. The van der Waals surface area contributed by atoms with E-state index in [0.717, 1.165) is 24.6 Å². The third-order valence-electron chi connectivity index (χ3n) is 3.34. The number of hydrogen-bond donors (Lipinski definition) is 0. The molecule has 2 heterocycles. The number of anilines is 1. The van der Waals surface area contributed by atoms with Crippen molar-refractivity contribution >= 4 is 29.2 Å². The minimum Gasteiger partial charge on any atom is -0.356 e.